The van der Waals surface area contributed by atoms with Crippen LogP contribution < -0.4 is 5.73 Å². The smallest absolute Gasteiger partial charge is 0.121 e. The summed E-state index contributed by atoms with van der Waals surface area (Å²) < 4.78 is 0. The Labute approximate surface area is 92.1 Å². The summed E-state index contributed by atoms with van der Waals surface area (Å²) in [5.74, 6) is 0.850. The third-order valence-electron chi connectivity index (χ3n) is 3.16. The predicted octanol–water partition coefficient (Wildman–Crippen LogP) is 3.05. The Morgan fingerprint density at radius 2 is 1.73 bits per heavy atom. The van der Waals surface area contributed by atoms with Crippen LogP contribution in [0, 0.1) is 19.8 Å². The molecule has 0 aliphatic carbocycles. The van der Waals surface area contributed by atoms with Crippen molar-refractivity contribution in [2.75, 3.05) is 0 Å². The van der Waals surface area contributed by atoms with Gasteiger partial charge in [0.15, 0.2) is 0 Å². The van der Waals surface area contributed by atoms with E-state index in [9.17, 15) is 5.11 Å². The van der Waals surface area contributed by atoms with E-state index in [1.807, 2.05) is 26.0 Å². The molecule has 1 rings (SSSR count). The van der Waals surface area contributed by atoms with Crippen LogP contribution in [0.5, 0.6) is 5.75 Å². The zero-order valence-electron chi connectivity index (χ0n) is 10.0. The highest BCUT2D eigenvalue weighted by molar-refractivity contribution is 5.43. The molecule has 2 heteroatoms. The van der Waals surface area contributed by atoms with E-state index in [0.717, 1.165) is 23.1 Å². The Morgan fingerprint density at radius 1 is 1.27 bits per heavy atom. The van der Waals surface area contributed by atoms with Crippen LogP contribution in [0.15, 0.2) is 12.1 Å². The molecule has 0 aliphatic heterocycles. The second-order valence-corrected chi connectivity index (χ2v) is 4.41. The van der Waals surface area contributed by atoms with Crippen LogP contribution in [0.3, 0.4) is 0 Å². The molecular formula is C13H21NO. The van der Waals surface area contributed by atoms with Gasteiger partial charge in [0, 0.05) is 6.04 Å². The number of phenolic OH excluding ortho intramolecular Hbond substituents is 1. The maximum absolute atomic E-state index is 9.67. The minimum Gasteiger partial charge on any atom is -0.507 e. The SMILES string of the molecule is CCC(C)[C@@H](N)c1cc(C)c(O)c(C)c1. The number of nitrogens with two attached hydrogens (primary N) is 1. The molecule has 2 atom stereocenters. The average molecular weight is 207 g/mol. The van der Waals surface area contributed by atoms with Crippen molar-refractivity contribution in [2.24, 2.45) is 11.7 Å². The summed E-state index contributed by atoms with van der Waals surface area (Å²) in [6, 6.07) is 4.03. The first-order valence-corrected chi connectivity index (χ1v) is 5.53. The number of hydrogen-bond acceptors (Lipinski definition) is 2. The highest BCUT2D eigenvalue weighted by atomic mass is 16.3. The molecule has 15 heavy (non-hydrogen) atoms. The third kappa shape index (κ3) is 2.51. The highest BCUT2D eigenvalue weighted by Gasteiger charge is 2.15. The van der Waals surface area contributed by atoms with Gasteiger partial charge in [0.05, 0.1) is 0 Å². The molecule has 0 heterocycles. The topological polar surface area (TPSA) is 46.2 Å². The lowest BCUT2D eigenvalue weighted by atomic mass is 9.91. The van der Waals surface area contributed by atoms with Gasteiger partial charge in [-0.2, -0.15) is 0 Å². The normalized spacial score (nSPS) is 15.0. The first-order chi connectivity index (χ1) is 6.97. The third-order valence-corrected chi connectivity index (χ3v) is 3.16. The molecule has 3 N–H and O–H groups in total. The van der Waals surface area contributed by atoms with Gasteiger partial charge in [-0.15, -0.1) is 0 Å². The summed E-state index contributed by atoms with van der Waals surface area (Å²) in [4.78, 5) is 0. The van der Waals surface area contributed by atoms with Crippen LogP contribution in [-0.2, 0) is 0 Å². The molecular weight excluding hydrogens is 186 g/mol. The summed E-state index contributed by atoms with van der Waals surface area (Å²) in [5, 5.41) is 9.67. The molecule has 0 amide bonds. The predicted molar refractivity (Wildman–Crippen MR) is 64.0 cm³/mol. The molecule has 0 aliphatic rings. The van der Waals surface area contributed by atoms with Crippen molar-refractivity contribution in [1.82, 2.24) is 0 Å². The molecule has 0 aromatic heterocycles. The zero-order valence-corrected chi connectivity index (χ0v) is 10.0. The lowest BCUT2D eigenvalue weighted by Crippen LogP contribution is -2.18. The van der Waals surface area contributed by atoms with Crippen molar-refractivity contribution in [2.45, 2.75) is 40.2 Å². The summed E-state index contributed by atoms with van der Waals surface area (Å²) >= 11 is 0. The van der Waals surface area contributed by atoms with Gasteiger partial charge in [-0.1, -0.05) is 32.4 Å². The summed E-state index contributed by atoms with van der Waals surface area (Å²) in [6.45, 7) is 8.12. The summed E-state index contributed by atoms with van der Waals surface area (Å²) in [6.07, 6.45) is 1.07. The number of benzene rings is 1. The molecule has 0 saturated heterocycles. The molecule has 84 valence electrons. The van der Waals surface area contributed by atoms with Crippen molar-refractivity contribution in [1.29, 1.82) is 0 Å². The molecule has 0 spiro atoms. The summed E-state index contributed by atoms with van der Waals surface area (Å²) in [5.41, 5.74) is 9.09. The van der Waals surface area contributed by atoms with Gasteiger partial charge in [-0.05, 0) is 36.5 Å². The molecule has 0 bridgehead atoms. The van der Waals surface area contributed by atoms with E-state index in [1.54, 1.807) is 0 Å². The van der Waals surface area contributed by atoms with Gasteiger partial charge >= 0.3 is 0 Å². The Bertz CT molecular complexity index is 323. The van der Waals surface area contributed by atoms with Crippen molar-refractivity contribution in [3.8, 4) is 5.75 Å². The summed E-state index contributed by atoms with van der Waals surface area (Å²) in [7, 11) is 0. The van der Waals surface area contributed by atoms with E-state index < -0.39 is 0 Å². The fourth-order valence-electron chi connectivity index (χ4n) is 1.76. The Kier molecular flexibility index (Phi) is 3.75. The molecule has 0 fully saturated rings. The molecule has 2 nitrogen and oxygen atoms in total. The van der Waals surface area contributed by atoms with E-state index in [1.165, 1.54) is 0 Å². The molecule has 0 radical (unpaired) electrons. The van der Waals surface area contributed by atoms with E-state index in [4.69, 9.17) is 5.73 Å². The van der Waals surface area contributed by atoms with Crippen LogP contribution in [-0.4, -0.2) is 5.11 Å². The molecule has 1 aromatic rings. The lowest BCUT2D eigenvalue weighted by molar-refractivity contribution is 0.450. The van der Waals surface area contributed by atoms with E-state index in [-0.39, 0.29) is 6.04 Å². The van der Waals surface area contributed by atoms with Crippen LogP contribution in [0.25, 0.3) is 0 Å². The van der Waals surface area contributed by atoms with Crippen molar-refractivity contribution < 1.29 is 5.11 Å². The van der Waals surface area contributed by atoms with E-state index in [2.05, 4.69) is 13.8 Å². The fraction of sp³-hybridized carbons (Fsp3) is 0.538. The minimum atomic E-state index is 0.0630. The van der Waals surface area contributed by atoms with Crippen LogP contribution in [0.2, 0.25) is 0 Å². The van der Waals surface area contributed by atoms with E-state index in [0.29, 0.717) is 11.7 Å². The maximum Gasteiger partial charge on any atom is 0.121 e. The Morgan fingerprint density at radius 3 is 2.13 bits per heavy atom. The minimum absolute atomic E-state index is 0.0630. The molecule has 1 aromatic carbocycles. The standard InChI is InChI=1S/C13H21NO/c1-5-8(2)12(14)11-6-9(3)13(15)10(4)7-11/h6-8,12,15H,5,14H2,1-4H3/t8?,12-/m1/s1. The second kappa shape index (κ2) is 4.67. The largest absolute Gasteiger partial charge is 0.507 e. The molecule has 0 saturated carbocycles. The fourth-order valence-corrected chi connectivity index (χ4v) is 1.76. The lowest BCUT2D eigenvalue weighted by Gasteiger charge is -2.20. The number of hydrogen-bond donors (Lipinski definition) is 2. The van der Waals surface area contributed by atoms with Crippen molar-refractivity contribution in [3.63, 3.8) is 0 Å². The monoisotopic (exact) mass is 207 g/mol. The highest BCUT2D eigenvalue weighted by Crippen LogP contribution is 2.28. The van der Waals surface area contributed by atoms with Gasteiger partial charge < -0.3 is 10.8 Å². The molecule has 1 unspecified atom stereocenters. The maximum atomic E-state index is 9.67. The number of rotatable bonds is 3. The Hall–Kier alpha value is -1.02. The van der Waals surface area contributed by atoms with Gasteiger partial charge in [-0.25, -0.2) is 0 Å². The van der Waals surface area contributed by atoms with Gasteiger partial charge in [0.25, 0.3) is 0 Å². The van der Waals surface area contributed by atoms with Crippen LogP contribution in [0.4, 0.5) is 0 Å². The van der Waals surface area contributed by atoms with Crippen molar-refractivity contribution >= 4 is 0 Å². The number of aromatic hydroxyl groups is 1. The number of aryl methyl sites for hydroxylation is 2. The van der Waals surface area contributed by atoms with E-state index >= 15 is 0 Å². The van der Waals surface area contributed by atoms with Gasteiger partial charge in [-0.3, -0.25) is 0 Å². The average Bonchev–Trinajstić information content (AvgIpc) is 2.23. The first-order valence-electron chi connectivity index (χ1n) is 5.53. The zero-order chi connectivity index (χ0) is 11.6. The van der Waals surface area contributed by atoms with Gasteiger partial charge in [0.2, 0.25) is 0 Å². The van der Waals surface area contributed by atoms with Crippen LogP contribution in [0.1, 0.15) is 43.0 Å². The Balaban J connectivity index is 3.06. The quantitative estimate of drug-likeness (QED) is 0.800. The first kappa shape index (κ1) is 12.1. The van der Waals surface area contributed by atoms with Crippen molar-refractivity contribution in [3.05, 3.63) is 28.8 Å². The number of phenols is 1. The van der Waals surface area contributed by atoms with Crippen LogP contribution >= 0.6 is 0 Å². The second-order valence-electron chi connectivity index (χ2n) is 4.41. The van der Waals surface area contributed by atoms with Gasteiger partial charge in [0.1, 0.15) is 5.75 Å².